The van der Waals surface area contributed by atoms with E-state index < -0.39 is 11.9 Å². The summed E-state index contributed by atoms with van der Waals surface area (Å²) < 4.78 is 10.7. The van der Waals surface area contributed by atoms with Crippen LogP contribution < -0.4 is 9.47 Å². The van der Waals surface area contributed by atoms with Gasteiger partial charge < -0.3 is 19.7 Å². The molecule has 0 radical (unpaired) electrons. The minimum absolute atomic E-state index is 0.0301. The van der Waals surface area contributed by atoms with Crippen LogP contribution in [0.1, 0.15) is 24.0 Å². The maximum Gasteiger partial charge on any atom is 0.306 e. The second-order valence-electron chi connectivity index (χ2n) is 5.46. The molecular weight excluding hydrogens is 336 g/mol. The Labute approximate surface area is 151 Å². The number of hydrogen-bond donors (Lipinski definition) is 2. The Morgan fingerprint density at radius 1 is 0.692 bits per heavy atom. The summed E-state index contributed by atoms with van der Waals surface area (Å²) in [6, 6.07) is 14.7. The van der Waals surface area contributed by atoms with Crippen molar-refractivity contribution in [2.45, 2.75) is 12.8 Å². The number of benzene rings is 2. The maximum atomic E-state index is 10.4. The number of carboxylic acids is 2. The number of carbonyl (C=O) groups is 2. The summed E-state index contributed by atoms with van der Waals surface area (Å²) in [6.45, 7) is 0.288. The highest BCUT2D eigenvalue weighted by Gasteiger charge is 1.99. The van der Waals surface area contributed by atoms with Crippen molar-refractivity contribution in [2.75, 3.05) is 13.2 Å². The highest BCUT2D eigenvalue weighted by molar-refractivity contribution is 5.70. The van der Waals surface area contributed by atoms with Gasteiger partial charge in [0.25, 0.3) is 0 Å². The number of hydrogen-bond acceptors (Lipinski definition) is 4. The molecule has 6 heteroatoms. The van der Waals surface area contributed by atoms with Crippen LogP contribution in [0.3, 0.4) is 0 Å². The highest BCUT2D eigenvalue weighted by Crippen LogP contribution is 2.17. The van der Waals surface area contributed by atoms with E-state index in [1.165, 1.54) is 0 Å². The molecular formula is C20H20O6. The molecule has 0 saturated heterocycles. The quantitative estimate of drug-likeness (QED) is 0.632. The first-order valence-electron chi connectivity index (χ1n) is 8.10. The van der Waals surface area contributed by atoms with Gasteiger partial charge in [-0.25, -0.2) is 0 Å². The lowest BCUT2D eigenvalue weighted by Gasteiger charge is -2.05. The summed E-state index contributed by atoms with van der Waals surface area (Å²) in [6.07, 6.45) is 3.83. The Hall–Kier alpha value is -3.28. The average molecular weight is 356 g/mol. The Bertz CT molecular complexity index is 681. The van der Waals surface area contributed by atoms with Gasteiger partial charge in [-0.05, 0) is 35.4 Å². The smallest absolute Gasteiger partial charge is 0.306 e. The van der Waals surface area contributed by atoms with Crippen LogP contribution in [0.25, 0.3) is 12.2 Å². The van der Waals surface area contributed by atoms with Crippen molar-refractivity contribution in [1.29, 1.82) is 0 Å². The molecule has 136 valence electrons. The van der Waals surface area contributed by atoms with Crippen molar-refractivity contribution in [2.24, 2.45) is 0 Å². The average Bonchev–Trinajstić information content (AvgIpc) is 2.61. The molecule has 6 nitrogen and oxygen atoms in total. The van der Waals surface area contributed by atoms with Crippen LogP contribution in [0.4, 0.5) is 0 Å². The van der Waals surface area contributed by atoms with Gasteiger partial charge in [0.05, 0.1) is 26.1 Å². The molecule has 2 rings (SSSR count). The second-order valence-corrected chi connectivity index (χ2v) is 5.46. The summed E-state index contributed by atoms with van der Waals surface area (Å²) in [7, 11) is 0. The van der Waals surface area contributed by atoms with E-state index in [1.807, 2.05) is 36.4 Å². The Balaban J connectivity index is 1.84. The van der Waals surface area contributed by atoms with Gasteiger partial charge in [0, 0.05) is 0 Å². The van der Waals surface area contributed by atoms with Crippen molar-refractivity contribution in [3.63, 3.8) is 0 Å². The molecule has 0 fully saturated rings. The molecule has 26 heavy (non-hydrogen) atoms. The van der Waals surface area contributed by atoms with E-state index in [4.69, 9.17) is 19.7 Å². The molecule has 0 amide bonds. The predicted molar refractivity (Wildman–Crippen MR) is 97.3 cm³/mol. The zero-order valence-corrected chi connectivity index (χ0v) is 14.1. The van der Waals surface area contributed by atoms with Crippen LogP contribution in [0, 0.1) is 0 Å². The summed E-state index contributed by atoms with van der Waals surface area (Å²) in [5, 5.41) is 17.1. The lowest BCUT2D eigenvalue weighted by Crippen LogP contribution is -2.04. The number of carboxylic acid groups (broad SMARTS) is 2. The monoisotopic (exact) mass is 356 g/mol. The molecule has 2 aromatic carbocycles. The van der Waals surface area contributed by atoms with Gasteiger partial charge in [0.1, 0.15) is 11.5 Å². The standard InChI is InChI=1S/C20H20O6/c21-19(22)11-13-25-17-7-3-15(4-8-17)1-2-16-5-9-18(10-6-16)26-14-12-20(23)24/h1-10H,11-14H2,(H,21,22)(H,23,24)/b2-1+. The predicted octanol–water partition coefficient (Wildman–Crippen LogP) is 3.56. The summed E-state index contributed by atoms with van der Waals surface area (Å²) in [4.78, 5) is 20.9. The maximum absolute atomic E-state index is 10.4. The Kier molecular flexibility index (Phi) is 7.24. The van der Waals surface area contributed by atoms with E-state index in [1.54, 1.807) is 24.3 Å². The zero-order valence-electron chi connectivity index (χ0n) is 14.1. The molecule has 2 N–H and O–H groups in total. The van der Waals surface area contributed by atoms with Gasteiger partial charge in [0.2, 0.25) is 0 Å². The molecule has 0 spiro atoms. The second kappa shape index (κ2) is 9.88. The molecule has 0 aliphatic rings. The van der Waals surface area contributed by atoms with Crippen molar-refractivity contribution in [3.05, 3.63) is 59.7 Å². The zero-order chi connectivity index (χ0) is 18.8. The van der Waals surface area contributed by atoms with Crippen LogP contribution in [0.5, 0.6) is 11.5 Å². The fraction of sp³-hybridized carbons (Fsp3) is 0.200. The lowest BCUT2D eigenvalue weighted by atomic mass is 10.1. The van der Waals surface area contributed by atoms with Gasteiger partial charge in [-0.15, -0.1) is 0 Å². The summed E-state index contributed by atoms with van der Waals surface area (Å²) in [5.74, 6) is -0.511. The van der Waals surface area contributed by atoms with Crippen LogP contribution in [0.2, 0.25) is 0 Å². The molecule has 0 unspecified atom stereocenters. The van der Waals surface area contributed by atoms with E-state index in [-0.39, 0.29) is 26.1 Å². The molecule has 0 aromatic heterocycles. The SMILES string of the molecule is O=C(O)CCOc1ccc(/C=C/c2ccc(OCCC(=O)O)cc2)cc1. The first kappa shape index (κ1) is 19.1. The molecule has 0 aliphatic carbocycles. The third-order valence-electron chi connectivity index (χ3n) is 3.40. The number of ether oxygens (including phenoxy) is 2. The summed E-state index contributed by atoms with van der Waals surface area (Å²) in [5.41, 5.74) is 1.97. The van der Waals surface area contributed by atoms with E-state index in [0.29, 0.717) is 11.5 Å². The van der Waals surface area contributed by atoms with E-state index in [0.717, 1.165) is 11.1 Å². The van der Waals surface area contributed by atoms with E-state index >= 15 is 0 Å². The van der Waals surface area contributed by atoms with Crippen molar-refractivity contribution >= 4 is 24.1 Å². The first-order chi connectivity index (χ1) is 12.5. The largest absolute Gasteiger partial charge is 0.493 e. The molecule has 0 atom stereocenters. The van der Waals surface area contributed by atoms with E-state index in [9.17, 15) is 9.59 Å². The number of aliphatic carboxylic acids is 2. The topological polar surface area (TPSA) is 93.1 Å². The Morgan fingerprint density at radius 2 is 1.04 bits per heavy atom. The summed E-state index contributed by atoms with van der Waals surface area (Å²) >= 11 is 0. The fourth-order valence-electron chi connectivity index (χ4n) is 2.06. The first-order valence-corrected chi connectivity index (χ1v) is 8.10. The van der Waals surface area contributed by atoms with E-state index in [2.05, 4.69) is 0 Å². The van der Waals surface area contributed by atoms with Crippen molar-refractivity contribution in [1.82, 2.24) is 0 Å². The molecule has 0 saturated carbocycles. The molecule has 0 aliphatic heterocycles. The molecule has 0 heterocycles. The number of rotatable bonds is 10. The minimum atomic E-state index is -0.886. The van der Waals surface area contributed by atoms with Crippen LogP contribution in [-0.4, -0.2) is 35.4 Å². The van der Waals surface area contributed by atoms with Crippen molar-refractivity contribution < 1.29 is 29.3 Å². The van der Waals surface area contributed by atoms with Gasteiger partial charge in [0.15, 0.2) is 0 Å². The van der Waals surface area contributed by atoms with Gasteiger partial charge >= 0.3 is 11.9 Å². The third-order valence-corrected chi connectivity index (χ3v) is 3.40. The third kappa shape index (κ3) is 7.09. The Morgan fingerprint density at radius 3 is 1.35 bits per heavy atom. The van der Waals surface area contributed by atoms with Crippen LogP contribution in [0.15, 0.2) is 48.5 Å². The van der Waals surface area contributed by atoms with Gasteiger partial charge in [-0.2, -0.15) is 0 Å². The molecule has 0 bridgehead atoms. The van der Waals surface area contributed by atoms with Gasteiger partial charge in [-0.1, -0.05) is 36.4 Å². The molecule has 2 aromatic rings. The lowest BCUT2D eigenvalue weighted by molar-refractivity contribution is -0.138. The minimum Gasteiger partial charge on any atom is -0.493 e. The van der Waals surface area contributed by atoms with Crippen molar-refractivity contribution in [3.8, 4) is 11.5 Å². The normalized spacial score (nSPS) is 10.6. The fourth-order valence-corrected chi connectivity index (χ4v) is 2.06. The van der Waals surface area contributed by atoms with Crippen LogP contribution >= 0.6 is 0 Å². The van der Waals surface area contributed by atoms with Crippen LogP contribution in [-0.2, 0) is 9.59 Å². The highest BCUT2D eigenvalue weighted by atomic mass is 16.5. The van der Waals surface area contributed by atoms with Gasteiger partial charge in [-0.3, -0.25) is 9.59 Å².